The van der Waals surface area contributed by atoms with E-state index in [0.29, 0.717) is 25.1 Å². The molecule has 39 heavy (non-hydrogen) atoms. The molecule has 2 bridgehead atoms. The molecule has 5 N–H and O–H groups in total. The van der Waals surface area contributed by atoms with Gasteiger partial charge in [-0.2, -0.15) is 9.79 Å². The first kappa shape index (κ1) is 28.0. The third-order valence-electron chi connectivity index (χ3n) is 8.70. The van der Waals surface area contributed by atoms with Crippen molar-refractivity contribution in [2.45, 2.75) is 75.0 Å². The Hall–Kier alpha value is -2.57. The highest BCUT2D eigenvalue weighted by Crippen LogP contribution is 2.33. The highest BCUT2D eigenvalue weighted by molar-refractivity contribution is 7.89. The lowest BCUT2D eigenvalue weighted by Gasteiger charge is -2.38. The van der Waals surface area contributed by atoms with Gasteiger partial charge >= 0.3 is 0 Å². The van der Waals surface area contributed by atoms with Crippen LogP contribution in [-0.2, 0) is 14.8 Å². The number of amides is 1. The highest BCUT2D eigenvalue weighted by atomic mass is 32.2. The molecule has 1 aromatic carbocycles. The summed E-state index contributed by atoms with van der Waals surface area (Å²) >= 11 is 0. The van der Waals surface area contributed by atoms with Gasteiger partial charge in [0.15, 0.2) is 0 Å². The van der Waals surface area contributed by atoms with Gasteiger partial charge in [-0.1, -0.05) is 42.8 Å². The second-order valence-corrected chi connectivity index (χ2v) is 13.2. The average Bonchev–Trinajstić information content (AvgIpc) is 3.33. The Labute approximate surface area is 229 Å². The number of aromatic amines is 1. The molecule has 2 aliphatic heterocycles. The molecule has 0 radical (unpaired) electrons. The van der Waals surface area contributed by atoms with E-state index in [9.17, 15) is 23.2 Å². The Morgan fingerprint density at radius 1 is 1.05 bits per heavy atom. The first-order chi connectivity index (χ1) is 18.9. The summed E-state index contributed by atoms with van der Waals surface area (Å²) in [6, 6.07) is 11.7. The van der Waals surface area contributed by atoms with E-state index in [1.54, 1.807) is 16.6 Å². The van der Waals surface area contributed by atoms with Crippen molar-refractivity contribution in [2.75, 3.05) is 18.8 Å². The van der Waals surface area contributed by atoms with Crippen LogP contribution < -0.4 is 21.7 Å². The number of carbonyl (C=O) groups excluding carboxylic acids is 1. The lowest BCUT2D eigenvalue weighted by molar-refractivity contribution is -0.127. The summed E-state index contributed by atoms with van der Waals surface area (Å²) in [4.78, 5) is 27.9. The molecule has 5 rings (SSSR count). The molecule has 10 nitrogen and oxygen atoms in total. The molecule has 1 amide bonds. The van der Waals surface area contributed by atoms with E-state index in [-0.39, 0.29) is 41.3 Å². The predicted octanol–water partition coefficient (Wildman–Crippen LogP) is 1.69. The van der Waals surface area contributed by atoms with E-state index in [2.05, 4.69) is 21.1 Å². The van der Waals surface area contributed by atoms with Crippen LogP contribution in [0.1, 0.15) is 62.0 Å². The monoisotopic (exact) mass is 557 g/mol. The standard InChI is InChI=1S/C28H39N5O5S/c34-25-14-12-21(16-30-25)26(20-6-2-1-3-7-20)27(32-36)28(35)31-24-10-4-8-19(24)11-13-23-17-29-22-9-5-15-39(37,38)33(23)18-22/h1-3,6-7,12,14,16,19,22-24,26-27,29,32,36H,4-5,8-11,13,15,17-18H2,(H,30,34)(H,31,35)/t19-,22-,23+,24+,26+,27+/m1/s1. The first-order valence-corrected chi connectivity index (χ1v) is 15.6. The molecular weight excluding hydrogens is 518 g/mol. The molecule has 1 saturated carbocycles. The fourth-order valence-electron chi connectivity index (χ4n) is 6.63. The van der Waals surface area contributed by atoms with Crippen LogP contribution in [0.5, 0.6) is 0 Å². The van der Waals surface area contributed by atoms with Crippen LogP contribution in [0.15, 0.2) is 53.5 Å². The van der Waals surface area contributed by atoms with Crippen molar-refractivity contribution in [1.82, 2.24) is 25.4 Å². The van der Waals surface area contributed by atoms with Crippen LogP contribution in [0.2, 0.25) is 0 Å². The Bertz CT molecular complexity index is 1270. The third-order valence-corrected chi connectivity index (χ3v) is 10.7. The van der Waals surface area contributed by atoms with Crippen LogP contribution in [-0.4, -0.2) is 71.8 Å². The summed E-state index contributed by atoms with van der Waals surface area (Å²) in [6.45, 7) is 1.22. The molecule has 1 aromatic heterocycles. The minimum atomic E-state index is -3.23. The van der Waals surface area contributed by atoms with Crippen molar-refractivity contribution in [3.63, 3.8) is 0 Å². The molecule has 11 heteroatoms. The molecule has 1 aliphatic carbocycles. The summed E-state index contributed by atoms with van der Waals surface area (Å²) in [5.74, 6) is -0.380. The highest BCUT2D eigenvalue weighted by Gasteiger charge is 2.39. The maximum absolute atomic E-state index is 13.6. The van der Waals surface area contributed by atoms with Crippen molar-refractivity contribution < 1.29 is 18.4 Å². The van der Waals surface area contributed by atoms with Crippen LogP contribution in [0.4, 0.5) is 0 Å². The second-order valence-electron chi connectivity index (χ2n) is 11.2. The molecular formula is C28H39N5O5S. The van der Waals surface area contributed by atoms with Gasteiger partial charge in [-0.05, 0) is 55.6 Å². The lowest BCUT2D eigenvalue weighted by Crippen LogP contribution is -2.57. The summed E-state index contributed by atoms with van der Waals surface area (Å²) in [6.07, 6.45) is 7.55. The largest absolute Gasteiger partial charge is 0.352 e. The molecule has 7 atom stereocenters. The predicted molar refractivity (Wildman–Crippen MR) is 148 cm³/mol. The lowest BCUT2D eigenvalue weighted by atomic mass is 9.85. The van der Waals surface area contributed by atoms with E-state index >= 15 is 0 Å². The van der Waals surface area contributed by atoms with Crippen LogP contribution in [0.25, 0.3) is 0 Å². The molecule has 0 spiro atoms. The van der Waals surface area contributed by atoms with E-state index < -0.39 is 22.0 Å². The molecule has 3 aliphatic rings. The number of H-pyrrole nitrogens is 1. The zero-order chi connectivity index (χ0) is 27.4. The van der Waals surface area contributed by atoms with E-state index in [1.165, 1.54) is 6.07 Å². The molecule has 3 heterocycles. The number of rotatable bonds is 9. The smallest absolute Gasteiger partial charge is 0.247 e. The maximum Gasteiger partial charge on any atom is 0.247 e. The van der Waals surface area contributed by atoms with E-state index in [4.69, 9.17) is 0 Å². The molecule has 2 saturated heterocycles. The molecule has 1 unspecified atom stereocenters. The number of carbonyl (C=O) groups is 1. The Kier molecular flexibility index (Phi) is 8.82. The first-order valence-electron chi connectivity index (χ1n) is 14.0. The number of fused-ring (bicyclic) bond motifs is 2. The van der Waals surface area contributed by atoms with Crippen LogP contribution in [0, 0.1) is 5.92 Å². The van der Waals surface area contributed by atoms with Gasteiger partial charge in [-0.3, -0.25) is 9.59 Å². The zero-order valence-electron chi connectivity index (χ0n) is 22.1. The van der Waals surface area contributed by atoms with Crippen molar-refractivity contribution in [3.8, 4) is 0 Å². The van der Waals surface area contributed by atoms with Crippen LogP contribution >= 0.6 is 0 Å². The van der Waals surface area contributed by atoms with Crippen molar-refractivity contribution >= 4 is 15.9 Å². The normalized spacial score (nSPS) is 29.7. The van der Waals surface area contributed by atoms with E-state index in [0.717, 1.165) is 44.1 Å². The summed E-state index contributed by atoms with van der Waals surface area (Å²) < 4.78 is 27.4. The van der Waals surface area contributed by atoms with Gasteiger partial charge in [-0.25, -0.2) is 8.42 Å². The Morgan fingerprint density at radius 2 is 1.87 bits per heavy atom. The number of hydrogen-bond donors (Lipinski definition) is 5. The van der Waals surface area contributed by atoms with Gasteiger partial charge < -0.3 is 20.8 Å². The average molecular weight is 558 g/mol. The number of sulfonamides is 1. The van der Waals surface area contributed by atoms with Gasteiger partial charge in [0.1, 0.15) is 6.04 Å². The van der Waals surface area contributed by atoms with Crippen LogP contribution in [0.3, 0.4) is 0 Å². The minimum absolute atomic E-state index is 0.0506. The van der Waals surface area contributed by atoms with Crippen molar-refractivity contribution in [2.24, 2.45) is 5.92 Å². The number of nitrogens with one attached hydrogen (secondary N) is 4. The quantitative estimate of drug-likeness (QED) is 0.295. The number of pyridine rings is 1. The summed E-state index contributed by atoms with van der Waals surface area (Å²) in [5.41, 5.74) is 3.53. The summed E-state index contributed by atoms with van der Waals surface area (Å²) in [5, 5.41) is 16.9. The Balaban J connectivity index is 1.27. The number of nitrogens with zero attached hydrogens (tertiary/aromatic N) is 1. The topological polar surface area (TPSA) is 144 Å². The maximum atomic E-state index is 13.6. The van der Waals surface area contributed by atoms with Gasteiger partial charge in [0.2, 0.25) is 21.5 Å². The van der Waals surface area contributed by atoms with Crippen molar-refractivity contribution in [1.29, 1.82) is 0 Å². The van der Waals surface area contributed by atoms with Gasteiger partial charge in [0.25, 0.3) is 0 Å². The molecule has 2 aromatic rings. The van der Waals surface area contributed by atoms with E-state index in [1.807, 2.05) is 30.3 Å². The SMILES string of the molecule is O=C(N[C@H]1CCC[C@@H]1CC[C@H]1CN[C@@H]2CCCS(=O)(=O)N1C2)[C@@H](NO)[C@@H](c1ccccc1)c1ccc(=O)[nH]c1. The van der Waals surface area contributed by atoms with Gasteiger partial charge in [-0.15, -0.1) is 0 Å². The Morgan fingerprint density at radius 3 is 2.62 bits per heavy atom. The molecule has 212 valence electrons. The number of benzene rings is 1. The third kappa shape index (κ3) is 6.44. The minimum Gasteiger partial charge on any atom is -0.352 e. The van der Waals surface area contributed by atoms with Gasteiger partial charge in [0.05, 0.1) is 5.75 Å². The summed E-state index contributed by atoms with van der Waals surface area (Å²) in [7, 11) is -3.23. The number of hydrogen-bond acceptors (Lipinski definition) is 7. The fourth-order valence-corrected chi connectivity index (χ4v) is 8.44. The number of aromatic nitrogens is 1. The second kappa shape index (κ2) is 12.3. The number of piperazine rings is 1. The fraction of sp³-hybridized carbons (Fsp3) is 0.571. The number of hydroxylamine groups is 1. The van der Waals surface area contributed by atoms with Gasteiger partial charge in [0, 0.05) is 49.4 Å². The molecule has 3 fully saturated rings. The zero-order valence-corrected chi connectivity index (χ0v) is 22.9. The van der Waals surface area contributed by atoms with Crippen molar-refractivity contribution in [3.05, 3.63) is 70.1 Å².